The van der Waals surface area contributed by atoms with Crippen molar-refractivity contribution in [3.63, 3.8) is 0 Å². The highest BCUT2D eigenvalue weighted by Gasteiger charge is 2.14. The Morgan fingerprint density at radius 2 is 2.27 bits per heavy atom. The molecule has 0 atom stereocenters. The van der Waals surface area contributed by atoms with Gasteiger partial charge in [0.15, 0.2) is 0 Å². The van der Waals surface area contributed by atoms with Crippen LogP contribution in [-0.2, 0) is 13.0 Å². The third-order valence-electron chi connectivity index (χ3n) is 3.09. The number of aromatic amines is 1. The van der Waals surface area contributed by atoms with Gasteiger partial charge in [-0.25, -0.2) is 4.98 Å². The summed E-state index contributed by atoms with van der Waals surface area (Å²) in [4.78, 5) is 18.6. The van der Waals surface area contributed by atoms with Crippen molar-refractivity contribution in [1.29, 1.82) is 0 Å². The van der Waals surface area contributed by atoms with Crippen LogP contribution >= 0.6 is 0 Å². The molecule has 1 aliphatic heterocycles. The first-order valence-corrected chi connectivity index (χ1v) is 5.42. The SMILES string of the molecule is O=c1[nH]cnc2cc3n(c12)CCCCC3. The molecule has 4 heteroatoms. The Morgan fingerprint density at radius 3 is 3.20 bits per heavy atom. The molecule has 3 rings (SSSR count). The molecule has 0 aromatic carbocycles. The number of hydrogen-bond donors (Lipinski definition) is 1. The molecule has 0 saturated heterocycles. The molecule has 0 amide bonds. The average molecular weight is 203 g/mol. The summed E-state index contributed by atoms with van der Waals surface area (Å²) in [6, 6.07) is 2.05. The maximum absolute atomic E-state index is 11.7. The average Bonchev–Trinajstić information content (AvgIpc) is 2.43. The van der Waals surface area contributed by atoms with E-state index in [9.17, 15) is 4.79 Å². The highest BCUT2D eigenvalue weighted by Crippen LogP contribution is 2.20. The summed E-state index contributed by atoms with van der Waals surface area (Å²) in [5, 5.41) is 0. The maximum Gasteiger partial charge on any atom is 0.275 e. The summed E-state index contributed by atoms with van der Waals surface area (Å²) in [5.41, 5.74) is 2.81. The molecule has 1 N–H and O–H groups in total. The lowest BCUT2D eigenvalue weighted by atomic mass is 10.2. The smallest absolute Gasteiger partial charge is 0.275 e. The van der Waals surface area contributed by atoms with Gasteiger partial charge >= 0.3 is 0 Å². The van der Waals surface area contributed by atoms with Crippen molar-refractivity contribution in [1.82, 2.24) is 14.5 Å². The Kier molecular flexibility index (Phi) is 1.87. The highest BCUT2D eigenvalue weighted by molar-refractivity contribution is 5.75. The minimum Gasteiger partial charge on any atom is -0.339 e. The molecule has 0 spiro atoms. The lowest BCUT2D eigenvalue weighted by Gasteiger charge is -2.03. The third kappa shape index (κ3) is 1.28. The van der Waals surface area contributed by atoms with Gasteiger partial charge in [0.2, 0.25) is 0 Å². The summed E-state index contributed by atoms with van der Waals surface area (Å²) in [5.74, 6) is 0. The van der Waals surface area contributed by atoms with Gasteiger partial charge in [0.25, 0.3) is 5.56 Å². The van der Waals surface area contributed by atoms with E-state index >= 15 is 0 Å². The Morgan fingerprint density at radius 1 is 1.33 bits per heavy atom. The maximum atomic E-state index is 11.7. The molecule has 78 valence electrons. The zero-order valence-electron chi connectivity index (χ0n) is 8.49. The lowest BCUT2D eigenvalue weighted by Crippen LogP contribution is -2.12. The van der Waals surface area contributed by atoms with Crippen molar-refractivity contribution in [2.75, 3.05) is 0 Å². The fraction of sp³-hybridized carbons (Fsp3) is 0.455. The molecule has 0 saturated carbocycles. The molecule has 3 heterocycles. The Bertz CT molecular complexity index is 552. The Hall–Kier alpha value is -1.58. The minimum atomic E-state index is -0.0202. The number of aryl methyl sites for hydroxylation is 2. The Balaban J connectivity index is 2.34. The van der Waals surface area contributed by atoms with Crippen molar-refractivity contribution >= 4 is 11.0 Å². The Labute approximate surface area is 87.0 Å². The number of aromatic nitrogens is 3. The van der Waals surface area contributed by atoms with Gasteiger partial charge in [0.05, 0.1) is 11.8 Å². The first kappa shape index (κ1) is 8.71. The summed E-state index contributed by atoms with van der Waals surface area (Å²) < 4.78 is 2.13. The second kappa shape index (κ2) is 3.22. The van der Waals surface area contributed by atoms with Gasteiger partial charge in [0, 0.05) is 12.2 Å². The molecule has 0 radical (unpaired) electrons. The van der Waals surface area contributed by atoms with Crippen LogP contribution in [0.3, 0.4) is 0 Å². The van der Waals surface area contributed by atoms with Crippen LogP contribution in [-0.4, -0.2) is 14.5 Å². The van der Waals surface area contributed by atoms with E-state index in [1.807, 2.05) is 0 Å². The number of nitrogens with one attached hydrogen (secondary N) is 1. The summed E-state index contributed by atoms with van der Waals surface area (Å²) >= 11 is 0. The second-order valence-electron chi connectivity index (χ2n) is 4.06. The van der Waals surface area contributed by atoms with Gasteiger partial charge in [0.1, 0.15) is 5.52 Å². The van der Waals surface area contributed by atoms with Crippen molar-refractivity contribution < 1.29 is 0 Å². The van der Waals surface area contributed by atoms with Gasteiger partial charge in [-0.05, 0) is 25.3 Å². The minimum absolute atomic E-state index is 0.0202. The van der Waals surface area contributed by atoms with E-state index in [4.69, 9.17) is 0 Å². The van der Waals surface area contributed by atoms with Crippen molar-refractivity contribution in [2.45, 2.75) is 32.2 Å². The van der Waals surface area contributed by atoms with Crippen LogP contribution in [0.1, 0.15) is 25.0 Å². The van der Waals surface area contributed by atoms with Crippen LogP contribution in [0.5, 0.6) is 0 Å². The van der Waals surface area contributed by atoms with Crippen LogP contribution in [0.15, 0.2) is 17.2 Å². The predicted molar refractivity (Wildman–Crippen MR) is 57.9 cm³/mol. The van der Waals surface area contributed by atoms with Crippen molar-refractivity contribution in [3.05, 3.63) is 28.4 Å². The zero-order valence-corrected chi connectivity index (χ0v) is 8.49. The lowest BCUT2D eigenvalue weighted by molar-refractivity contribution is 0.647. The van der Waals surface area contributed by atoms with Crippen molar-refractivity contribution in [2.24, 2.45) is 0 Å². The second-order valence-corrected chi connectivity index (χ2v) is 4.06. The molecule has 1 aliphatic rings. The van der Waals surface area contributed by atoms with E-state index in [0.29, 0.717) is 0 Å². The van der Waals surface area contributed by atoms with Crippen LogP contribution < -0.4 is 5.56 Å². The molecule has 0 bridgehead atoms. The van der Waals surface area contributed by atoms with Crippen LogP contribution in [0.2, 0.25) is 0 Å². The van der Waals surface area contributed by atoms with E-state index in [-0.39, 0.29) is 5.56 Å². The topological polar surface area (TPSA) is 50.7 Å². The van der Waals surface area contributed by atoms with Gasteiger partial charge in [-0.1, -0.05) is 6.42 Å². The van der Waals surface area contributed by atoms with Gasteiger partial charge < -0.3 is 9.55 Å². The summed E-state index contributed by atoms with van der Waals surface area (Å²) in [6.45, 7) is 0.952. The summed E-state index contributed by atoms with van der Waals surface area (Å²) in [6.07, 6.45) is 6.17. The predicted octanol–water partition coefficient (Wildman–Crippen LogP) is 1.45. The number of H-pyrrole nitrogens is 1. The van der Waals surface area contributed by atoms with E-state index in [0.717, 1.165) is 30.4 Å². The molecular formula is C11H13N3O. The highest BCUT2D eigenvalue weighted by atomic mass is 16.1. The quantitative estimate of drug-likeness (QED) is 0.704. The molecule has 2 aromatic heterocycles. The first-order chi connectivity index (χ1) is 7.36. The molecule has 0 fully saturated rings. The fourth-order valence-corrected chi connectivity index (χ4v) is 2.37. The van der Waals surface area contributed by atoms with Crippen molar-refractivity contribution in [3.8, 4) is 0 Å². The fourth-order valence-electron chi connectivity index (χ4n) is 2.37. The number of fused-ring (bicyclic) bond motifs is 3. The van der Waals surface area contributed by atoms with E-state index in [1.54, 1.807) is 0 Å². The molecule has 15 heavy (non-hydrogen) atoms. The molecule has 4 nitrogen and oxygen atoms in total. The number of hydrogen-bond acceptors (Lipinski definition) is 2. The summed E-state index contributed by atoms with van der Waals surface area (Å²) in [7, 11) is 0. The van der Waals surface area contributed by atoms with Gasteiger partial charge in [-0.2, -0.15) is 0 Å². The molecule has 0 unspecified atom stereocenters. The third-order valence-corrected chi connectivity index (χ3v) is 3.09. The van der Waals surface area contributed by atoms with E-state index in [2.05, 4.69) is 20.6 Å². The first-order valence-electron chi connectivity index (χ1n) is 5.42. The van der Waals surface area contributed by atoms with Crippen LogP contribution in [0.4, 0.5) is 0 Å². The van der Waals surface area contributed by atoms with Gasteiger partial charge in [-0.3, -0.25) is 4.79 Å². The zero-order chi connectivity index (χ0) is 10.3. The monoisotopic (exact) mass is 203 g/mol. The largest absolute Gasteiger partial charge is 0.339 e. The van der Waals surface area contributed by atoms with Crippen LogP contribution in [0, 0.1) is 0 Å². The number of nitrogens with zero attached hydrogens (tertiary/aromatic N) is 2. The van der Waals surface area contributed by atoms with Gasteiger partial charge in [-0.15, -0.1) is 0 Å². The van der Waals surface area contributed by atoms with E-state index < -0.39 is 0 Å². The van der Waals surface area contributed by atoms with Crippen LogP contribution in [0.25, 0.3) is 11.0 Å². The normalized spacial score (nSPS) is 16.3. The standard InChI is InChI=1S/C11H13N3O/c15-11-10-9(12-7-13-11)6-8-4-2-1-3-5-14(8)10/h6-7H,1-5H2,(H,12,13,15). The van der Waals surface area contributed by atoms with E-state index in [1.165, 1.54) is 24.9 Å². The molecule has 2 aromatic rings. The molecular weight excluding hydrogens is 190 g/mol. The molecule has 0 aliphatic carbocycles. The number of rotatable bonds is 0.